The minimum atomic E-state index is -3.70. The first-order chi connectivity index (χ1) is 17.7. The monoisotopic (exact) mass is 564 g/mol. The summed E-state index contributed by atoms with van der Waals surface area (Å²) < 4.78 is 34.8. The van der Waals surface area contributed by atoms with Gasteiger partial charge in [0, 0.05) is 29.9 Å². The van der Waals surface area contributed by atoms with Gasteiger partial charge in [-0.15, -0.1) is 0 Å². The topological polar surface area (TPSA) is 133 Å². The summed E-state index contributed by atoms with van der Waals surface area (Å²) >= 11 is 6.92. The van der Waals surface area contributed by atoms with E-state index in [1.807, 2.05) is 57.2 Å². The maximum atomic E-state index is 13.3. The van der Waals surface area contributed by atoms with E-state index < -0.39 is 10.0 Å². The predicted molar refractivity (Wildman–Crippen MR) is 156 cm³/mol. The Balaban J connectivity index is 1.44. The number of rotatable bonds is 11. The Hall–Kier alpha value is -1.80. The Kier molecular flexibility index (Phi) is 9.43. The summed E-state index contributed by atoms with van der Waals surface area (Å²) in [6, 6.07) is 8.08. The summed E-state index contributed by atoms with van der Waals surface area (Å²) in [5, 5.41) is 11.1. The lowest BCUT2D eigenvalue weighted by molar-refractivity contribution is 0.339. The molecule has 1 saturated heterocycles. The summed E-state index contributed by atoms with van der Waals surface area (Å²) in [6.07, 6.45) is 5.24. The fraction of sp³-hybridized carbons (Fsp3) is 0.520. The Morgan fingerprint density at radius 2 is 2.03 bits per heavy atom. The van der Waals surface area contributed by atoms with Crippen LogP contribution in [0.4, 0.5) is 5.69 Å². The molecule has 1 aliphatic carbocycles. The van der Waals surface area contributed by atoms with E-state index in [0.29, 0.717) is 42.5 Å². The molecular weight excluding hydrogens is 529 g/mol. The van der Waals surface area contributed by atoms with Crippen molar-refractivity contribution in [2.45, 2.75) is 63.3 Å². The largest absolute Gasteiger partial charge is 0.360 e. The molecule has 0 amide bonds. The fourth-order valence-electron chi connectivity index (χ4n) is 4.13. The first kappa shape index (κ1) is 28.2. The van der Waals surface area contributed by atoms with Gasteiger partial charge in [0.1, 0.15) is 6.23 Å². The van der Waals surface area contributed by atoms with E-state index in [4.69, 9.17) is 27.7 Å². The number of allylic oxidation sites excluding steroid dienone is 1. The van der Waals surface area contributed by atoms with Crippen LogP contribution in [0, 0.1) is 0 Å². The number of epoxide rings is 1. The molecule has 0 bridgehead atoms. The lowest BCUT2D eigenvalue weighted by atomic mass is 10.00. The number of benzene rings is 1. The molecule has 9 nitrogen and oxygen atoms in total. The predicted octanol–water partition coefficient (Wildman–Crippen LogP) is 2.43. The molecule has 0 spiro atoms. The molecule has 202 valence electrons. The SMILES string of the molecule is CC(C)NC(=S)Nc1ccc(C2=NCC(C3=CCC(NC4OC4C)C=C3S(=O)(=O)NCCCN)S2)cc1. The minimum Gasteiger partial charge on any atom is -0.360 e. The summed E-state index contributed by atoms with van der Waals surface area (Å²) in [4.78, 5) is 5.08. The van der Waals surface area contributed by atoms with E-state index in [1.165, 1.54) is 0 Å². The average Bonchev–Trinajstić information content (AvgIpc) is 3.32. The third kappa shape index (κ3) is 7.62. The highest BCUT2D eigenvalue weighted by Gasteiger charge is 2.38. The molecule has 0 saturated carbocycles. The van der Waals surface area contributed by atoms with Crippen LogP contribution in [-0.4, -0.2) is 67.9 Å². The zero-order valence-electron chi connectivity index (χ0n) is 21.4. The van der Waals surface area contributed by atoms with Gasteiger partial charge in [-0.1, -0.05) is 30.0 Å². The molecule has 2 aliphatic heterocycles. The van der Waals surface area contributed by atoms with Crippen molar-refractivity contribution in [1.29, 1.82) is 0 Å². The molecule has 1 aromatic rings. The second-order valence-electron chi connectivity index (χ2n) is 9.58. The number of aliphatic imine (C=N–C) groups is 1. The highest BCUT2D eigenvalue weighted by atomic mass is 32.2. The zero-order valence-corrected chi connectivity index (χ0v) is 23.8. The van der Waals surface area contributed by atoms with Crippen LogP contribution >= 0.6 is 24.0 Å². The van der Waals surface area contributed by atoms with Gasteiger partial charge in [0.25, 0.3) is 0 Å². The lowest BCUT2D eigenvalue weighted by Crippen LogP contribution is -2.36. The van der Waals surface area contributed by atoms with Crippen LogP contribution in [0.1, 0.15) is 39.2 Å². The maximum absolute atomic E-state index is 13.3. The first-order valence-corrected chi connectivity index (χ1v) is 15.4. The van der Waals surface area contributed by atoms with Crippen molar-refractivity contribution in [3.8, 4) is 0 Å². The maximum Gasteiger partial charge on any atom is 0.240 e. The van der Waals surface area contributed by atoms with Crippen LogP contribution in [-0.2, 0) is 14.8 Å². The average molecular weight is 565 g/mol. The quantitative estimate of drug-likeness (QED) is 0.156. The molecule has 1 fully saturated rings. The minimum absolute atomic E-state index is 0.0332. The lowest BCUT2D eigenvalue weighted by Gasteiger charge is -2.25. The van der Waals surface area contributed by atoms with E-state index in [-0.39, 0.29) is 29.7 Å². The van der Waals surface area contributed by atoms with Crippen LogP contribution < -0.4 is 26.4 Å². The molecule has 4 rings (SSSR count). The summed E-state index contributed by atoms with van der Waals surface area (Å²) in [5.41, 5.74) is 8.25. The molecule has 1 aromatic carbocycles. The van der Waals surface area contributed by atoms with E-state index in [1.54, 1.807) is 11.8 Å². The van der Waals surface area contributed by atoms with Crippen LogP contribution in [0.2, 0.25) is 0 Å². The van der Waals surface area contributed by atoms with Gasteiger partial charge in [-0.2, -0.15) is 0 Å². The number of hydrogen-bond acceptors (Lipinski definition) is 8. The molecule has 12 heteroatoms. The van der Waals surface area contributed by atoms with Crippen LogP contribution in [0.3, 0.4) is 0 Å². The van der Waals surface area contributed by atoms with Gasteiger partial charge in [0.2, 0.25) is 10.0 Å². The van der Waals surface area contributed by atoms with Crippen LogP contribution in [0.25, 0.3) is 0 Å². The Labute approximate surface area is 229 Å². The molecule has 6 N–H and O–H groups in total. The van der Waals surface area contributed by atoms with Crippen molar-refractivity contribution in [2.24, 2.45) is 10.7 Å². The van der Waals surface area contributed by atoms with Crippen LogP contribution in [0.5, 0.6) is 0 Å². The van der Waals surface area contributed by atoms with E-state index in [9.17, 15) is 8.42 Å². The molecule has 4 unspecified atom stereocenters. The van der Waals surface area contributed by atoms with Crippen molar-refractivity contribution in [3.05, 3.63) is 52.5 Å². The standard InChI is InChI=1S/C25H36N6O3S3/c1-15(2)29-25(35)31-18-7-5-17(6-8-18)24-27-14-21(36-24)20-10-9-19(30-23-16(3)34-23)13-22(20)37(32,33)28-12-4-11-26/h5-8,10,13,15-16,19,21,23,28,30H,4,9,11-12,14,26H2,1-3H3,(H2,29,31,35). The summed E-state index contributed by atoms with van der Waals surface area (Å²) in [6.45, 7) is 7.31. The number of ether oxygens (including phenoxy) is 1. The summed E-state index contributed by atoms with van der Waals surface area (Å²) in [7, 11) is -3.70. The normalized spacial score (nSPS) is 25.4. The zero-order chi connectivity index (χ0) is 26.6. The van der Waals surface area contributed by atoms with Gasteiger partial charge in [-0.3, -0.25) is 10.3 Å². The van der Waals surface area contributed by atoms with Gasteiger partial charge in [0.05, 0.1) is 27.8 Å². The second-order valence-corrected chi connectivity index (χ2v) is 12.9. The molecular formula is C25H36N6O3S3. The number of thiocarbonyl (C=S) groups is 1. The Morgan fingerprint density at radius 1 is 1.30 bits per heavy atom. The van der Waals surface area contributed by atoms with Crippen molar-refractivity contribution < 1.29 is 13.2 Å². The van der Waals surface area contributed by atoms with Gasteiger partial charge in [0.15, 0.2) is 5.11 Å². The Morgan fingerprint density at radius 3 is 2.68 bits per heavy atom. The summed E-state index contributed by atoms with van der Waals surface area (Å²) in [5.74, 6) is 0. The molecule has 3 aliphatic rings. The van der Waals surface area contributed by atoms with E-state index >= 15 is 0 Å². The van der Waals surface area contributed by atoms with Crippen molar-refractivity contribution in [1.82, 2.24) is 15.4 Å². The van der Waals surface area contributed by atoms with Gasteiger partial charge < -0.3 is 21.1 Å². The Bertz CT molecular complexity index is 1180. The smallest absolute Gasteiger partial charge is 0.240 e. The van der Waals surface area contributed by atoms with Gasteiger partial charge in [-0.05, 0) is 76.2 Å². The van der Waals surface area contributed by atoms with Crippen molar-refractivity contribution >= 4 is 49.8 Å². The number of thioether (sulfide) groups is 1. The second kappa shape index (κ2) is 12.4. The first-order valence-electron chi connectivity index (χ1n) is 12.6. The highest BCUT2D eigenvalue weighted by molar-refractivity contribution is 8.15. The van der Waals surface area contributed by atoms with E-state index in [2.05, 4.69) is 20.7 Å². The van der Waals surface area contributed by atoms with Crippen LogP contribution in [0.15, 0.2) is 51.9 Å². The fourth-order valence-corrected chi connectivity index (χ4v) is 7.20. The number of nitrogens with one attached hydrogen (secondary N) is 4. The molecule has 2 heterocycles. The number of anilines is 1. The van der Waals surface area contributed by atoms with E-state index in [0.717, 1.165) is 21.9 Å². The van der Waals surface area contributed by atoms with Crippen molar-refractivity contribution in [2.75, 3.05) is 25.0 Å². The number of nitrogens with zero attached hydrogens (tertiary/aromatic N) is 1. The van der Waals surface area contributed by atoms with Gasteiger partial charge >= 0.3 is 0 Å². The third-order valence-corrected chi connectivity index (χ3v) is 9.12. The number of nitrogens with two attached hydrogens (primary N) is 1. The highest BCUT2D eigenvalue weighted by Crippen LogP contribution is 2.38. The van der Waals surface area contributed by atoms with Gasteiger partial charge in [-0.25, -0.2) is 13.1 Å². The molecule has 37 heavy (non-hydrogen) atoms. The third-order valence-electron chi connectivity index (χ3n) is 6.09. The molecule has 0 aromatic heterocycles. The number of sulfonamides is 1. The molecule has 4 atom stereocenters. The van der Waals surface area contributed by atoms with Crippen molar-refractivity contribution in [3.63, 3.8) is 0 Å². The molecule has 0 radical (unpaired) electrons. The number of hydrogen-bond donors (Lipinski definition) is 5.